The number of aldehydes is 1. The van der Waals surface area contributed by atoms with Crippen LogP contribution in [0.1, 0.15) is 45.1 Å². The topological polar surface area (TPSA) is 52.3 Å². The van der Waals surface area contributed by atoms with Crippen molar-refractivity contribution in [3.63, 3.8) is 0 Å². The summed E-state index contributed by atoms with van der Waals surface area (Å²) in [5.41, 5.74) is 1.09. The molecule has 2 unspecified atom stereocenters. The maximum absolute atomic E-state index is 12.3. The van der Waals surface area contributed by atoms with Crippen molar-refractivity contribution in [2.75, 3.05) is 0 Å². The third-order valence-electron chi connectivity index (χ3n) is 6.66. The Morgan fingerprint density at radius 1 is 1.19 bits per heavy atom. The second-order valence-electron chi connectivity index (χ2n) is 9.96. The van der Waals surface area contributed by atoms with E-state index in [1.54, 1.807) is 0 Å². The molecule has 1 aromatic heterocycles. The lowest BCUT2D eigenvalue weighted by atomic mass is 9.81. The maximum atomic E-state index is 12.3. The van der Waals surface area contributed by atoms with Crippen LogP contribution in [0.15, 0.2) is 59.1 Å². The van der Waals surface area contributed by atoms with Crippen LogP contribution in [0.2, 0.25) is 18.1 Å². The van der Waals surface area contributed by atoms with Gasteiger partial charge in [0.25, 0.3) is 0 Å². The first-order valence-corrected chi connectivity index (χ1v) is 14.0. The standard InChI is InChI=1S/C26H35NO3Si/c1-20-23(27-24(29-20)21-13-8-7-9-14-21)17-12-16-22-15-10-11-18-26(22,19-28)30-31(5,6)25(2,3)4/h7-11,13-15,18-19,22H,12,16-17H2,1-6H3. The van der Waals surface area contributed by atoms with Crippen LogP contribution in [0.3, 0.4) is 0 Å². The Labute approximate surface area is 187 Å². The third kappa shape index (κ3) is 5.16. The zero-order valence-electron chi connectivity index (χ0n) is 19.6. The monoisotopic (exact) mass is 437 g/mol. The van der Waals surface area contributed by atoms with Crippen molar-refractivity contribution < 1.29 is 13.6 Å². The summed E-state index contributed by atoms with van der Waals surface area (Å²) in [6, 6.07) is 9.96. The van der Waals surface area contributed by atoms with E-state index in [0.29, 0.717) is 5.89 Å². The number of rotatable bonds is 8. The molecule has 1 aromatic carbocycles. The van der Waals surface area contributed by atoms with E-state index in [0.717, 1.165) is 42.6 Å². The molecule has 1 aliphatic rings. The highest BCUT2D eigenvalue weighted by Crippen LogP contribution is 2.42. The van der Waals surface area contributed by atoms with E-state index in [1.807, 2.05) is 55.5 Å². The molecule has 0 N–H and O–H groups in total. The van der Waals surface area contributed by atoms with Crippen LogP contribution in [0, 0.1) is 12.8 Å². The largest absolute Gasteiger partial charge is 0.441 e. The molecule has 4 nitrogen and oxygen atoms in total. The van der Waals surface area contributed by atoms with Gasteiger partial charge in [-0.25, -0.2) is 4.98 Å². The fraction of sp³-hybridized carbons (Fsp3) is 0.462. The first kappa shape index (κ1) is 23.4. The fourth-order valence-electron chi connectivity index (χ4n) is 3.71. The third-order valence-corrected chi connectivity index (χ3v) is 11.1. The van der Waals surface area contributed by atoms with Crippen molar-refractivity contribution >= 4 is 14.6 Å². The fourth-order valence-corrected chi connectivity index (χ4v) is 5.17. The molecular formula is C26H35NO3Si. The van der Waals surface area contributed by atoms with Gasteiger partial charge in [-0.15, -0.1) is 0 Å². The Kier molecular flexibility index (Phi) is 6.87. The molecule has 2 atom stereocenters. The molecule has 1 aliphatic carbocycles. The average Bonchev–Trinajstić information content (AvgIpc) is 3.09. The zero-order chi connectivity index (χ0) is 22.7. The number of allylic oxidation sites excluding steroid dienone is 2. The summed E-state index contributed by atoms with van der Waals surface area (Å²) in [7, 11) is -2.12. The van der Waals surface area contributed by atoms with Crippen LogP contribution >= 0.6 is 0 Å². The van der Waals surface area contributed by atoms with Crippen molar-refractivity contribution in [3.8, 4) is 11.5 Å². The van der Waals surface area contributed by atoms with E-state index in [2.05, 4.69) is 39.9 Å². The van der Waals surface area contributed by atoms with E-state index in [4.69, 9.17) is 13.8 Å². The van der Waals surface area contributed by atoms with Gasteiger partial charge < -0.3 is 8.84 Å². The molecule has 166 valence electrons. The minimum Gasteiger partial charge on any atom is -0.441 e. The van der Waals surface area contributed by atoms with Gasteiger partial charge in [0, 0.05) is 11.5 Å². The molecule has 3 rings (SSSR count). The van der Waals surface area contributed by atoms with Crippen molar-refractivity contribution in [2.45, 2.75) is 70.7 Å². The number of oxazole rings is 1. The average molecular weight is 438 g/mol. The maximum Gasteiger partial charge on any atom is 0.226 e. The zero-order valence-corrected chi connectivity index (χ0v) is 20.6. The molecule has 0 aliphatic heterocycles. The van der Waals surface area contributed by atoms with Gasteiger partial charge in [0.05, 0.1) is 5.69 Å². The molecule has 0 saturated carbocycles. The minimum atomic E-state index is -2.12. The quantitative estimate of drug-likeness (QED) is 0.342. The lowest BCUT2D eigenvalue weighted by Crippen LogP contribution is -2.53. The molecule has 0 spiro atoms. The van der Waals surface area contributed by atoms with Crippen molar-refractivity contribution in [1.82, 2.24) is 4.98 Å². The van der Waals surface area contributed by atoms with Gasteiger partial charge in [-0.3, -0.25) is 4.79 Å². The van der Waals surface area contributed by atoms with Gasteiger partial charge in [-0.2, -0.15) is 0 Å². The number of nitrogens with zero attached hydrogens (tertiary/aromatic N) is 1. The van der Waals surface area contributed by atoms with Crippen LogP contribution in [0.25, 0.3) is 11.5 Å². The van der Waals surface area contributed by atoms with E-state index in [1.165, 1.54) is 0 Å². The summed E-state index contributed by atoms with van der Waals surface area (Å²) < 4.78 is 12.6. The first-order valence-electron chi connectivity index (χ1n) is 11.1. The number of benzene rings is 1. The SMILES string of the molecule is Cc1oc(-c2ccccc2)nc1CCCC1C=CC=CC1(C=O)O[Si](C)(C)C(C)(C)C. The van der Waals surface area contributed by atoms with E-state index in [9.17, 15) is 4.79 Å². The number of carbonyl (C=O) groups excluding carboxylic acids is 1. The second kappa shape index (κ2) is 9.09. The molecule has 0 saturated heterocycles. The number of hydrogen-bond donors (Lipinski definition) is 0. The predicted molar refractivity (Wildman–Crippen MR) is 128 cm³/mol. The van der Waals surface area contributed by atoms with E-state index >= 15 is 0 Å². The minimum absolute atomic E-state index is 0.0184. The van der Waals surface area contributed by atoms with Crippen molar-refractivity contribution in [2.24, 2.45) is 5.92 Å². The van der Waals surface area contributed by atoms with Crippen LogP contribution in [0.5, 0.6) is 0 Å². The summed E-state index contributed by atoms with van der Waals surface area (Å²) in [6.45, 7) is 13.0. The predicted octanol–water partition coefficient (Wildman–Crippen LogP) is 6.67. The lowest BCUT2D eigenvalue weighted by molar-refractivity contribution is -0.121. The van der Waals surface area contributed by atoms with Crippen molar-refractivity contribution in [1.29, 1.82) is 0 Å². The summed E-state index contributed by atoms with van der Waals surface area (Å²) in [5, 5.41) is 0.0359. The number of hydrogen-bond acceptors (Lipinski definition) is 4. The van der Waals surface area contributed by atoms with E-state index < -0.39 is 13.9 Å². The highest BCUT2D eigenvalue weighted by atomic mass is 28.4. The van der Waals surface area contributed by atoms with Crippen LogP contribution < -0.4 is 0 Å². The molecular weight excluding hydrogens is 402 g/mol. The molecule has 31 heavy (non-hydrogen) atoms. The van der Waals surface area contributed by atoms with Gasteiger partial charge >= 0.3 is 0 Å². The number of aryl methyl sites for hydroxylation is 2. The molecule has 5 heteroatoms. The molecule has 0 radical (unpaired) electrons. The van der Waals surface area contributed by atoms with Gasteiger partial charge in [0.15, 0.2) is 14.6 Å². The summed E-state index contributed by atoms with van der Waals surface area (Å²) in [5.74, 6) is 1.54. The molecule has 1 heterocycles. The Bertz CT molecular complexity index is 953. The van der Waals surface area contributed by atoms with Gasteiger partial charge in [-0.1, -0.05) is 57.2 Å². The Balaban J connectivity index is 1.70. The summed E-state index contributed by atoms with van der Waals surface area (Å²) in [6.07, 6.45) is 11.6. The highest BCUT2D eigenvalue weighted by Gasteiger charge is 2.47. The van der Waals surface area contributed by atoms with Crippen LogP contribution in [-0.4, -0.2) is 25.2 Å². The Morgan fingerprint density at radius 2 is 1.90 bits per heavy atom. The van der Waals surface area contributed by atoms with E-state index in [-0.39, 0.29) is 11.0 Å². The first-order chi connectivity index (χ1) is 14.6. The normalized spacial score (nSPS) is 21.4. The summed E-state index contributed by atoms with van der Waals surface area (Å²) in [4.78, 5) is 17.0. The number of carbonyl (C=O) groups is 1. The molecule has 0 fully saturated rings. The van der Waals surface area contributed by atoms with Gasteiger partial charge in [0.2, 0.25) is 5.89 Å². The lowest BCUT2D eigenvalue weighted by Gasteiger charge is -2.45. The van der Waals surface area contributed by atoms with Gasteiger partial charge in [-0.05, 0) is 62.5 Å². The van der Waals surface area contributed by atoms with Gasteiger partial charge in [0.1, 0.15) is 11.4 Å². The van der Waals surface area contributed by atoms with Crippen LogP contribution in [0.4, 0.5) is 0 Å². The summed E-state index contributed by atoms with van der Waals surface area (Å²) >= 11 is 0. The second-order valence-corrected chi connectivity index (χ2v) is 14.7. The molecule has 0 amide bonds. The Morgan fingerprint density at radius 3 is 2.55 bits per heavy atom. The van der Waals surface area contributed by atoms with Crippen LogP contribution in [-0.2, 0) is 15.6 Å². The highest BCUT2D eigenvalue weighted by molar-refractivity contribution is 6.74. The van der Waals surface area contributed by atoms with Crippen molar-refractivity contribution in [3.05, 3.63) is 66.1 Å². The molecule has 0 bridgehead atoms. The molecule has 2 aromatic rings. The Hall–Kier alpha value is -2.24. The number of aromatic nitrogens is 1. The smallest absolute Gasteiger partial charge is 0.226 e.